The number of nitrogens with zero attached hydrogens (tertiary/aromatic N) is 2. The van der Waals surface area contributed by atoms with Crippen LogP contribution in [0.5, 0.6) is 5.75 Å². The van der Waals surface area contributed by atoms with Gasteiger partial charge in [-0.05, 0) is 41.8 Å². The van der Waals surface area contributed by atoms with Crippen molar-refractivity contribution in [3.8, 4) is 5.75 Å². The fraction of sp³-hybridized carbons (Fsp3) is 0.355. The van der Waals surface area contributed by atoms with Crippen LogP contribution in [0.4, 0.5) is 0 Å². The zero-order valence-electron chi connectivity index (χ0n) is 23.4. The molecule has 3 aromatic rings. The summed E-state index contributed by atoms with van der Waals surface area (Å²) in [5.74, 6) is -0.396. The van der Waals surface area contributed by atoms with E-state index in [0.29, 0.717) is 44.9 Å². The number of benzene rings is 3. The van der Waals surface area contributed by atoms with Crippen LogP contribution in [-0.2, 0) is 37.3 Å². The molecule has 4 rings (SSSR count). The molecule has 11 heteroatoms. The Kier molecular flexibility index (Phi) is 11.5. The summed E-state index contributed by atoms with van der Waals surface area (Å²) in [6, 6.07) is 24.0. The Morgan fingerprint density at radius 2 is 1.55 bits per heavy atom. The third-order valence-electron chi connectivity index (χ3n) is 6.89. The first-order valence-electron chi connectivity index (χ1n) is 13.9. The number of carbonyl (C=O) groups excluding carboxylic acids is 2. The average Bonchev–Trinajstić information content (AvgIpc) is 3.03. The van der Waals surface area contributed by atoms with Gasteiger partial charge in [0.05, 0.1) is 18.1 Å². The van der Waals surface area contributed by atoms with Crippen molar-refractivity contribution in [3.05, 3.63) is 96.1 Å². The van der Waals surface area contributed by atoms with E-state index >= 15 is 0 Å². The Hall–Kier alpha value is -3.77. The van der Waals surface area contributed by atoms with Crippen molar-refractivity contribution in [2.24, 2.45) is 0 Å². The number of aliphatic hydroxyl groups is 1. The number of carbonyl (C=O) groups is 2. The van der Waals surface area contributed by atoms with E-state index in [1.54, 1.807) is 0 Å². The predicted molar refractivity (Wildman–Crippen MR) is 157 cm³/mol. The maximum atomic E-state index is 13.7. The smallest absolute Gasteiger partial charge is 0.261 e. The van der Waals surface area contributed by atoms with Gasteiger partial charge in [-0.3, -0.25) is 9.59 Å². The number of nitrogens with one attached hydrogen (secondary N) is 1. The number of sulfonamides is 1. The molecule has 1 aliphatic heterocycles. The van der Waals surface area contributed by atoms with Gasteiger partial charge in [-0.2, -0.15) is 4.31 Å². The van der Waals surface area contributed by atoms with E-state index in [1.165, 1.54) is 33.5 Å². The summed E-state index contributed by atoms with van der Waals surface area (Å²) in [4.78, 5) is 28.7. The number of ether oxygens (including phenoxy) is 2. The van der Waals surface area contributed by atoms with Gasteiger partial charge >= 0.3 is 0 Å². The molecule has 1 heterocycles. The Balaban J connectivity index is 1.51. The molecule has 1 aliphatic rings. The molecule has 1 fully saturated rings. The van der Waals surface area contributed by atoms with Crippen LogP contribution in [0.1, 0.15) is 17.5 Å². The minimum absolute atomic E-state index is 0.0589. The van der Waals surface area contributed by atoms with E-state index in [4.69, 9.17) is 9.47 Å². The molecule has 0 saturated carbocycles. The molecule has 224 valence electrons. The van der Waals surface area contributed by atoms with Gasteiger partial charge in [-0.25, -0.2) is 8.42 Å². The zero-order valence-corrected chi connectivity index (χ0v) is 24.2. The second kappa shape index (κ2) is 15.5. The first-order chi connectivity index (χ1) is 20.4. The highest BCUT2D eigenvalue weighted by atomic mass is 32.2. The van der Waals surface area contributed by atoms with Crippen LogP contribution in [-0.4, -0.2) is 86.6 Å². The van der Waals surface area contributed by atoms with E-state index in [9.17, 15) is 23.1 Å². The summed E-state index contributed by atoms with van der Waals surface area (Å²) in [7, 11) is -3.66. The van der Waals surface area contributed by atoms with Crippen molar-refractivity contribution in [3.63, 3.8) is 0 Å². The van der Waals surface area contributed by atoms with Gasteiger partial charge in [0.1, 0.15) is 11.8 Å². The standard InChI is InChI=1S/C31H37N3O7S/c35-19-7-16-32-31(37)29(22-25-8-3-1-4-9-25)34(23-26-10-5-2-6-11-26)30(36)24-41-27-12-14-28(15-13-27)42(38,39)33-17-20-40-21-18-33/h1-6,8-15,29,35H,7,16-24H2,(H,32,37)/t29-/m0/s1. The van der Waals surface area contributed by atoms with Crippen molar-refractivity contribution in [2.45, 2.75) is 30.3 Å². The summed E-state index contributed by atoms with van der Waals surface area (Å²) >= 11 is 0. The van der Waals surface area contributed by atoms with Crippen LogP contribution in [0.15, 0.2) is 89.8 Å². The highest BCUT2D eigenvalue weighted by Crippen LogP contribution is 2.21. The maximum absolute atomic E-state index is 13.7. The van der Waals surface area contributed by atoms with Crippen LogP contribution in [0.3, 0.4) is 0 Å². The normalized spacial score (nSPS) is 14.6. The molecule has 3 aromatic carbocycles. The monoisotopic (exact) mass is 595 g/mol. The van der Waals surface area contributed by atoms with Crippen LogP contribution >= 0.6 is 0 Å². The Bertz CT molecular complexity index is 1380. The van der Waals surface area contributed by atoms with Crippen LogP contribution in [0.25, 0.3) is 0 Å². The van der Waals surface area contributed by atoms with E-state index in [-0.39, 0.29) is 37.1 Å². The minimum Gasteiger partial charge on any atom is -0.484 e. The molecule has 42 heavy (non-hydrogen) atoms. The molecular formula is C31H37N3O7S. The van der Waals surface area contributed by atoms with Gasteiger partial charge < -0.3 is 24.8 Å². The molecule has 0 aromatic heterocycles. The highest BCUT2D eigenvalue weighted by molar-refractivity contribution is 7.89. The number of rotatable bonds is 14. The molecule has 2 N–H and O–H groups in total. The molecular weight excluding hydrogens is 558 g/mol. The van der Waals surface area contributed by atoms with Crippen molar-refractivity contribution in [1.29, 1.82) is 0 Å². The lowest BCUT2D eigenvalue weighted by molar-refractivity contribution is -0.142. The van der Waals surface area contributed by atoms with Crippen molar-refractivity contribution in [1.82, 2.24) is 14.5 Å². The lowest BCUT2D eigenvalue weighted by Gasteiger charge is -2.31. The lowest BCUT2D eigenvalue weighted by atomic mass is 10.0. The third kappa shape index (κ3) is 8.62. The van der Waals surface area contributed by atoms with Crippen molar-refractivity contribution >= 4 is 21.8 Å². The largest absolute Gasteiger partial charge is 0.484 e. The van der Waals surface area contributed by atoms with Crippen LogP contribution < -0.4 is 10.1 Å². The van der Waals surface area contributed by atoms with Crippen LogP contribution in [0.2, 0.25) is 0 Å². The number of hydrogen-bond donors (Lipinski definition) is 2. The summed E-state index contributed by atoms with van der Waals surface area (Å²) in [6.07, 6.45) is 0.690. The van der Waals surface area contributed by atoms with E-state index in [1.807, 2.05) is 60.7 Å². The van der Waals surface area contributed by atoms with Gasteiger partial charge in [0.25, 0.3) is 5.91 Å². The molecule has 0 spiro atoms. The molecule has 10 nitrogen and oxygen atoms in total. The van der Waals surface area contributed by atoms with E-state index in [2.05, 4.69) is 5.32 Å². The summed E-state index contributed by atoms with van der Waals surface area (Å²) in [6.45, 7) is 1.36. The van der Waals surface area contributed by atoms with Crippen molar-refractivity contribution < 1.29 is 32.6 Å². The van der Waals surface area contributed by atoms with Gasteiger partial charge in [0, 0.05) is 39.2 Å². The second-order valence-corrected chi connectivity index (χ2v) is 11.8. The molecule has 2 amide bonds. The van der Waals surface area contributed by atoms with Gasteiger partial charge in [-0.15, -0.1) is 0 Å². The minimum atomic E-state index is -3.66. The molecule has 0 aliphatic carbocycles. The predicted octanol–water partition coefficient (Wildman–Crippen LogP) is 2.22. The summed E-state index contributed by atoms with van der Waals surface area (Å²) < 4.78 is 38.3. The molecule has 0 unspecified atom stereocenters. The fourth-order valence-electron chi connectivity index (χ4n) is 4.61. The number of hydrogen-bond acceptors (Lipinski definition) is 7. The number of aliphatic hydroxyl groups excluding tert-OH is 1. The maximum Gasteiger partial charge on any atom is 0.261 e. The van der Waals surface area contributed by atoms with E-state index < -0.39 is 22.0 Å². The quantitative estimate of drug-likeness (QED) is 0.274. The second-order valence-electron chi connectivity index (χ2n) is 9.86. The molecule has 0 radical (unpaired) electrons. The number of amides is 2. The SMILES string of the molecule is O=C(NCCCO)[C@H](Cc1ccccc1)N(Cc1ccccc1)C(=O)COc1ccc(S(=O)(=O)N2CCOCC2)cc1. The Labute approximate surface area is 246 Å². The molecule has 1 saturated heterocycles. The number of morpholine rings is 1. The topological polar surface area (TPSA) is 125 Å². The zero-order chi connectivity index (χ0) is 29.8. The summed E-state index contributed by atoms with van der Waals surface area (Å²) in [5.41, 5.74) is 1.74. The van der Waals surface area contributed by atoms with Gasteiger partial charge in [0.15, 0.2) is 6.61 Å². The lowest BCUT2D eigenvalue weighted by Crippen LogP contribution is -2.51. The molecule has 1 atom stereocenters. The Morgan fingerprint density at radius 1 is 0.929 bits per heavy atom. The molecule has 0 bridgehead atoms. The Morgan fingerprint density at radius 3 is 2.17 bits per heavy atom. The van der Waals surface area contributed by atoms with Gasteiger partial charge in [-0.1, -0.05) is 60.7 Å². The average molecular weight is 596 g/mol. The fourth-order valence-corrected chi connectivity index (χ4v) is 6.02. The van der Waals surface area contributed by atoms with Crippen LogP contribution in [0, 0.1) is 0 Å². The van der Waals surface area contributed by atoms with Crippen molar-refractivity contribution in [2.75, 3.05) is 46.1 Å². The first-order valence-corrected chi connectivity index (χ1v) is 15.4. The van der Waals surface area contributed by atoms with E-state index in [0.717, 1.165) is 11.1 Å². The van der Waals surface area contributed by atoms with Gasteiger partial charge in [0.2, 0.25) is 15.9 Å². The summed E-state index contributed by atoms with van der Waals surface area (Å²) in [5, 5.41) is 12.0. The first kappa shape index (κ1) is 31.2. The third-order valence-corrected chi connectivity index (χ3v) is 8.81. The highest BCUT2D eigenvalue weighted by Gasteiger charge is 2.31.